The molecule has 0 atom stereocenters. The van der Waals surface area contributed by atoms with Crippen LogP contribution in [0, 0.1) is 10.1 Å². The van der Waals surface area contributed by atoms with Crippen molar-refractivity contribution in [3.8, 4) is 11.3 Å². The molecule has 0 aliphatic heterocycles. The molecule has 0 bridgehead atoms. The van der Waals surface area contributed by atoms with Gasteiger partial charge in [0.1, 0.15) is 0 Å². The van der Waals surface area contributed by atoms with Gasteiger partial charge in [-0.3, -0.25) is 25.8 Å². The van der Waals surface area contributed by atoms with Gasteiger partial charge in [0.05, 0.1) is 16.1 Å². The second-order valence-electron chi connectivity index (χ2n) is 6.31. The van der Waals surface area contributed by atoms with Crippen molar-refractivity contribution in [1.82, 2.24) is 15.4 Å². The maximum atomic E-state index is 12.4. The van der Waals surface area contributed by atoms with Crippen LogP contribution in [0.25, 0.3) is 22.2 Å². The first-order valence-electron chi connectivity index (χ1n) is 8.85. The summed E-state index contributed by atoms with van der Waals surface area (Å²) in [6, 6.07) is 20.6. The van der Waals surface area contributed by atoms with E-state index < -0.39 is 10.8 Å². The average molecular weight is 464 g/mol. The average Bonchev–Trinajstić information content (AvgIpc) is 2.77. The first-order chi connectivity index (χ1) is 14.5. The van der Waals surface area contributed by atoms with Gasteiger partial charge in [-0.25, -0.2) is 9.97 Å². The summed E-state index contributed by atoms with van der Waals surface area (Å²) in [5.41, 5.74) is 7.77. The molecule has 0 saturated carbocycles. The van der Waals surface area contributed by atoms with Crippen LogP contribution in [-0.4, -0.2) is 20.8 Å². The number of nitro benzene ring substituents is 1. The number of nitrogens with zero attached hydrogens (tertiary/aromatic N) is 3. The Kier molecular flexibility index (Phi) is 5.36. The van der Waals surface area contributed by atoms with Crippen LogP contribution in [0.1, 0.15) is 10.4 Å². The first kappa shape index (κ1) is 19.5. The lowest BCUT2D eigenvalue weighted by atomic mass is 10.1. The van der Waals surface area contributed by atoms with Gasteiger partial charge in [-0.1, -0.05) is 46.3 Å². The lowest BCUT2D eigenvalue weighted by Gasteiger charge is -2.11. The number of anilines is 1. The minimum absolute atomic E-state index is 0.0870. The molecular weight excluding hydrogens is 450 g/mol. The second-order valence-corrected chi connectivity index (χ2v) is 7.22. The van der Waals surface area contributed by atoms with Gasteiger partial charge in [-0.15, -0.1) is 0 Å². The van der Waals surface area contributed by atoms with Crippen LogP contribution in [0.15, 0.2) is 77.3 Å². The predicted molar refractivity (Wildman–Crippen MR) is 117 cm³/mol. The summed E-state index contributed by atoms with van der Waals surface area (Å²) >= 11 is 3.48. The molecule has 4 rings (SSSR count). The molecule has 0 aliphatic carbocycles. The quantitative estimate of drug-likeness (QED) is 0.327. The van der Waals surface area contributed by atoms with E-state index in [1.165, 1.54) is 24.3 Å². The number of hydrogen-bond donors (Lipinski definition) is 2. The summed E-state index contributed by atoms with van der Waals surface area (Å²) in [5, 5.41) is 11.6. The van der Waals surface area contributed by atoms with E-state index in [2.05, 4.69) is 36.7 Å². The van der Waals surface area contributed by atoms with Crippen molar-refractivity contribution < 1.29 is 9.72 Å². The molecule has 1 heterocycles. The fourth-order valence-electron chi connectivity index (χ4n) is 2.89. The van der Waals surface area contributed by atoms with Gasteiger partial charge in [0, 0.05) is 33.1 Å². The highest BCUT2D eigenvalue weighted by molar-refractivity contribution is 9.10. The van der Waals surface area contributed by atoms with Crippen molar-refractivity contribution in [3.63, 3.8) is 0 Å². The number of nitro groups is 1. The highest BCUT2D eigenvalue weighted by Gasteiger charge is 2.13. The lowest BCUT2D eigenvalue weighted by Crippen LogP contribution is -2.30. The van der Waals surface area contributed by atoms with Crippen LogP contribution in [0.3, 0.4) is 0 Å². The number of non-ortho nitro benzene ring substituents is 1. The molecule has 3 aromatic carbocycles. The third-order valence-corrected chi connectivity index (χ3v) is 4.83. The van der Waals surface area contributed by atoms with Crippen molar-refractivity contribution in [2.45, 2.75) is 0 Å². The van der Waals surface area contributed by atoms with Gasteiger partial charge in [0.15, 0.2) is 0 Å². The molecule has 1 amide bonds. The number of nitrogens with one attached hydrogen (secondary N) is 2. The summed E-state index contributed by atoms with van der Waals surface area (Å²) in [7, 11) is 0. The predicted octanol–water partition coefficient (Wildman–Crippen LogP) is 4.72. The van der Waals surface area contributed by atoms with Crippen molar-refractivity contribution >= 4 is 44.4 Å². The Labute approximate surface area is 179 Å². The number of benzene rings is 3. The smallest absolute Gasteiger partial charge is 0.267 e. The van der Waals surface area contributed by atoms with Gasteiger partial charge in [-0.2, -0.15) is 0 Å². The highest BCUT2D eigenvalue weighted by Crippen LogP contribution is 2.29. The van der Waals surface area contributed by atoms with Crippen LogP contribution < -0.4 is 10.9 Å². The monoisotopic (exact) mass is 463 g/mol. The zero-order valence-corrected chi connectivity index (χ0v) is 17.0. The zero-order chi connectivity index (χ0) is 21.1. The zero-order valence-electron chi connectivity index (χ0n) is 15.4. The number of carbonyl (C=O) groups is 1. The Morgan fingerprint density at radius 1 is 0.967 bits per heavy atom. The summed E-state index contributed by atoms with van der Waals surface area (Å²) < 4.78 is 0.906. The molecule has 0 spiro atoms. The summed E-state index contributed by atoms with van der Waals surface area (Å²) in [4.78, 5) is 31.6. The van der Waals surface area contributed by atoms with Gasteiger partial charge in [0.25, 0.3) is 11.6 Å². The topological polar surface area (TPSA) is 110 Å². The van der Waals surface area contributed by atoms with Gasteiger partial charge < -0.3 is 0 Å². The minimum atomic E-state index is -0.522. The number of fused-ring (bicyclic) bond motifs is 1. The molecule has 1 aromatic heterocycles. The molecule has 148 valence electrons. The van der Waals surface area contributed by atoms with Crippen molar-refractivity contribution in [1.29, 1.82) is 0 Å². The number of hydrogen-bond acceptors (Lipinski definition) is 6. The third kappa shape index (κ3) is 4.11. The third-order valence-electron chi connectivity index (χ3n) is 4.33. The Morgan fingerprint density at radius 2 is 1.70 bits per heavy atom. The Balaban J connectivity index is 1.62. The standard InChI is InChI=1S/C21H14BrN5O3/c22-15-8-11-18-17(12-15)19(13-4-2-1-3-5-13)24-21(23-18)26-25-20(28)14-6-9-16(10-7-14)27(29)30/h1-12H,(H,25,28)(H,23,24,26). The Morgan fingerprint density at radius 3 is 2.40 bits per heavy atom. The normalized spacial score (nSPS) is 10.6. The maximum Gasteiger partial charge on any atom is 0.269 e. The van der Waals surface area contributed by atoms with Gasteiger partial charge >= 0.3 is 0 Å². The fraction of sp³-hybridized carbons (Fsp3) is 0. The van der Waals surface area contributed by atoms with Crippen LogP contribution in [0.5, 0.6) is 0 Å². The molecule has 9 heteroatoms. The molecule has 0 unspecified atom stereocenters. The van der Waals surface area contributed by atoms with Crippen LogP contribution in [0.2, 0.25) is 0 Å². The number of amides is 1. The van der Waals surface area contributed by atoms with E-state index in [1.54, 1.807) is 0 Å². The lowest BCUT2D eigenvalue weighted by molar-refractivity contribution is -0.384. The van der Waals surface area contributed by atoms with E-state index in [1.807, 2.05) is 48.5 Å². The van der Waals surface area contributed by atoms with Crippen molar-refractivity contribution in [3.05, 3.63) is 92.9 Å². The molecule has 0 fully saturated rings. The van der Waals surface area contributed by atoms with Crippen LogP contribution in [0.4, 0.5) is 11.6 Å². The number of hydrazine groups is 1. The number of rotatable bonds is 5. The SMILES string of the molecule is O=C(NNc1nc(-c2ccccc2)c2cc(Br)ccc2n1)c1ccc([N+](=O)[O-])cc1. The van der Waals surface area contributed by atoms with E-state index >= 15 is 0 Å². The maximum absolute atomic E-state index is 12.4. The number of halogens is 1. The van der Waals surface area contributed by atoms with Gasteiger partial charge in [0.2, 0.25) is 5.95 Å². The number of aromatic nitrogens is 2. The Hall–Kier alpha value is -3.85. The van der Waals surface area contributed by atoms with E-state index in [9.17, 15) is 14.9 Å². The van der Waals surface area contributed by atoms with Crippen molar-refractivity contribution in [2.75, 3.05) is 5.43 Å². The van der Waals surface area contributed by atoms with E-state index in [-0.39, 0.29) is 17.2 Å². The Bertz CT molecular complexity index is 1250. The molecule has 2 N–H and O–H groups in total. The summed E-state index contributed by atoms with van der Waals surface area (Å²) in [6.45, 7) is 0. The van der Waals surface area contributed by atoms with Gasteiger partial charge in [-0.05, 0) is 30.3 Å². The van der Waals surface area contributed by atoms with E-state index in [4.69, 9.17) is 0 Å². The summed E-state index contributed by atoms with van der Waals surface area (Å²) in [5.74, 6) is -0.246. The molecule has 0 aliphatic rings. The molecule has 30 heavy (non-hydrogen) atoms. The molecule has 8 nitrogen and oxygen atoms in total. The van der Waals surface area contributed by atoms with Crippen molar-refractivity contribution in [2.24, 2.45) is 0 Å². The second kappa shape index (κ2) is 8.26. The summed E-state index contributed by atoms with van der Waals surface area (Å²) in [6.07, 6.45) is 0. The molecule has 0 saturated heterocycles. The molecular formula is C21H14BrN5O3. The van der Waals surface area contributed by atoms with E-state index in [0.717, 1.165) is 15.4 Å². The molecule has 0 radical (unpaired) electrons. The largest absolute Gasteiger partial charge is 0.269 e. The number of carbonyl (C=O) groups excluding carboxylic acids is 1. The first-order valence-corrected chi connectivity index (χ1v) is 9.64. The molecule has 4 aromatic rings. The minimum Gasteiger partial charge on any atom is -0.267 e. The van der Waals surface area contributed by atoms with E-state index in [0.29, 0.717) is 11.2 Å². The fourth-order valence-corrected chi connectivity index (χ4v) is 3.25. The van der Waals surface area contributed by atoms with Crippen LogP contribution >= 0.6 is 15.9 Å². The van der Waals surface area contributed by atoms with Crippen LogP contribution in [-0.2, 0) is 0 Å². The highest BCUT2D eigenvalue weighted by atomic mass is 79.9.